The summed E-state index contributed by atoms with van der Waals surface area (Å²) in [5, 5.41) is 9.06. The van der Waals surface area contributed by atoms with Gasteiger partial charge in [0.2, 0.25) is 0 Å². The molecule has 0 saturated heterocycles. The van der Waals surface area contributed by atoms with Crippen LogP contribution in [0.5, 0.6) is 0 Å². The van der Waals surface area contributed by atoms with Gasteiger partial charge in [-0.3, -0.25) is 4.79 Å². The molecule has 2 nitrogen and oxygen atoms in total. The zero-order chi connectivity index (χ0) is 12.1. The normalized spacial score (nSPS) is 12.8. The Balaban J connectivity index is 2.71. The van der Waals surface area contributed by atoms with Crippen LogP contribution in [0.1, 0.15) is 25.8 Å². The molecule has 0 aliphatic heterocycles. The maximum atomic E-state index is 12.9. The molecule has 0 saturated carbocycles. The lowest BCUT2D eigenvalue weighted by Gasteiger charge is -2.14. The Bertz CT molecular complexity index is 361. The summed E-state index contributed by atoms with van der Waals surface area (Å²) in [6.45, 7) is 3.98. The SMILES string of the molecule is CC(C)CC(Cc1cccc(F)c1)C(=O)O. The lowest BCUT2D eigenvalue weighted by molar-refractivity contribution is -0.142. The number of halogens is 1. The van der Waals surface area contributed by atoms with E-state index in [9.17, 15) is 9.18 Å². The number of carboxylic acids is 1. The highest BCUT2D eigenvalue weighted by atomic mass is 19.1. The molecule has 88 valence electrons. The number of hydrogen-bond acceptors (Lipinski definition) is 1. The Morgan fingerprint density at radius 3 is 2.62 bits per heavy atom. The molecular weight excluding hydrogens is 207 g/mol. The fraction of sp³-hybridized carbons (Fsp3) is 0.462. The lowest BCUT2D eigenvalue weighted by Crippen LogP contribution is -2.18. The topological polar surface area (TPSA) is 37.3 Å². The molecule has 0 aromatic heterocycles. The van der Waals surface area contributed by atoms with Crippen molar-refractivity contribution in [1.82, 2.24) is 0 Å². The fourth-order valence-corrected chi connectivity index (χ4v) is 1.79. The zero-order valence-electron chi connectivity index (χ0n) is 9.61. The molecule has 0 spiro atoms. The third-order valence-electron chi connectivity index (χ3n) is 2.48. The van der Waals surface area contributed by atoms with Crippen LogP contribution < -0.4 is 0 Å². The van der Waals surface area contributed by atoms with Gasteiger partial charge < -0.3 is 5.11 Å². The van der Waals surface area contributed by atoms with E-state index in [-0.39, 0.29) is 5.82 Å². The molecule has 0 heterocycles. The summed E-state index contributed by atoms with van der Waals surface area (Å²) in [6, 6.07) is 6.14. The van der Waals surface area contributed by atoms with Crippen LogP contribution in [0.15, 0.2) is 24.3 Å². The van der Waals surface area contributed by atoms with Gasteiger partial charge in [-0.2, -0.15) is 0 Å². The van der Waals surface area contributed by atoms with Crippen molar-refractivity contribution < 1.29 is 14.3 Å². The van der Waals surface area contributed by atoms with Crippen molar-refractivity contribution >= 4 is 5.97 Å². The van der Waals surface area contributed by atoms with Gasteiger partial charge in [0, 0.05) is 0 Å². The molecule has 0 aliphatic rings. The van der Waals surface area contributed by atoms with Crippen LogP contribution in [0.25, 0.3) is 0 Å². The first-order chi connectivity index (χ1) is 7.49. The van der Waals surface area contributed by atoms with Gasteiger partial charge in [0.15, 0.2) is 0 Å². The second kappa shape index (κ2) is 5.64. The molecule has 0 fully saturated rings. The average Bonchev–Trinajstić information content (AvgIpc) is 2.15. The molecule has 1 aromatic rings. The molecule has 1 N–H and O–H groups in total. The minimum absolute atomic E-state index is 0.314. The quantitative estimate of drug-likeness (QED) is 0.834. The average molecular weight is 224 g/mol. The van der Waals surface area contributed by atoms with E-state index in [0.717, 1.165) is 5.56 Å². The predicted octanol–water partition coefficient (Wildman–Crippen LogP) is 3.12. The van der Waals surface area contributed by atoms with Crippen molar-refractivity contribution in [2.24, 2.45) is 11.8 Å². The van der Waals surface area contributed by atoms with Crippen molar-refractivity contribution in [2.75, 3.05) is 0 Å². The smallest absolute Gasteiger partial charge is 0.306 e. The minimum atomic E-state index is -0.807. The van der Waals surface area contributed by atoms with Crippen molar-refractivity contribution in [3.63, 3.8) is 0 Å². The first kappa shape index (κ1) is 12.7. The number of rotatable bonds is 5. The maximum absolute atomic E-state index is 12.9. The number of carboxylic acid groups (broad SMARTS) is 1. The largest absolute Gasteiger partial charge is 0.481 e. The highest BCUT2D eigenvalue weighted by molar-refractivity contribution is 5.70. The molecule has 0 radical (unpaired) electrons. The van der Waals surface area contributed by atoms with Crippen molar-refractivity contribution in [1.29, 1.82) is 0 Å². The van der Waals surface area contributed by atoms with Crippen LogP contribution >= 0.6 is 0 Å². The number of hydrogen-bond donors (Lipinski definition) is 1. The first-order valence-corrected chi connectivity index (χ1v) is 5.46. The summed E-state index contributed by atoms with van der Waals surface area (Å²) in [5.74, 6) is -1.22. The van der Waals surface area contributed by atoms with Gasteiger partial charge >= 0.3 is 5.97 Å². The molecule has 0 bridgehead atoms. The second-order valence-electron chi connectivity index (χ2n) is 4.50. The van der Waals surface area contributed by atoms with Crippen LogP contribution in [0.3, 0.4) is 0 Å². The van der Waals surface area contributed by atoms with Crippen LogP contribution in [0.4, 0.5) is 4.39 Å². The summed E-state index contributed by atoms with van der Waals surface area (Å²) in [7, 11) is 0. The third-order valence-corrected chi connectivity index (χ3v) is 2.48. The fourth-order valence-electron chi connectivity index (χ4n) is 1.79. The van der Waals surface area contributed by atoms with Gasteiger partial charge in [0.25, 0.3) is 0 Å². The monoisotopic (exact) mass is 224 g/mol. The van der Waals surface area contributed by atoms with Crippen LogP contribution in [0.2, 0.25) is 0 Å². The maximum Gasteiger partial charge on any atom is 0.306 e. The van der Waals surface area contributed by atoms with Gasteiger partial charge in [-0.25, -0.2) is 4.39 Å². The van der Waals surface area contributed by atoms with E-state index in [4.69, 9.17) is 5.11 Å². The van der Waals surface area contributed by atoms with Crippen LogP contribution in [0, 0.1) is 17.7 Å². The summed E-state index contributed by atoms with van der Waals surface area (Å²) < 4.78 is 12.9. The summed E-state index contributed by atoms with van der Waals surface area (Å²) in [4.78, 5) is 11.0. The van der Waals surface area contributed by atoms with E-state index in [1.165, 1.54) is 12.1 Å². The second-order valence-corrected chi connectivity index (χ2v) is 4.50. The number of benzene rings is 1. The molecule has 3 heteroatoms. The molecule has 1 aromatic carbocycles. The Labute approximate surface area is 95.1 Å². The highest BCUT2D eigenvalue weighted by Gasteiger charge is 2.19. The Morgan fingerprint density at radius 1 is 1.44 bits per heavy atom. The van der Waals surface area contributed by atoms with E-state index >= 15 is 0 Å². The van der Waals surface area contributed by atoms with Gasteiger partial charge in [-0.1, -0.05) is 26.0 Å². The minimum Gasteiger partial charge on any atom is -0.481 e. The molecule has 0 amide bonds. The molecule has 1 unspecified atom stereocenters. The van der Waals surface area contributed by atoms with E-state index in [0.29, 0.717) is 18.8 Å². The van der Waals surface area contributed by atoms with Crippen molar-refractivity contribution in [3.8, 4) is 0 Å². The molecule has 0 aliphatic carbocycles. The predicted molar refractivity (Wildman–Crippen MR) is 60.7 cm³/mol. The van der Waals surface area contributed by atoms with Crippen molar-refractivity contribution in [2.45, 2.75) is 26.7 Å². The van der Waals surface area contributed by atoms with Gasteiger partial charge in [-0.05, 0) is 36.5 Å². The van der Waals surface area contributed by atoms with Gasteiger partial charge in [-0.15, -0.1) is 0 Å². The summed E-state index contributed by atoms with van der Waals surface area (Å²) in [6.07, 6.45) is 1.01. The molecule has 16 heavy (non-hydrogen) atoms. The summed E-state index contributed by atoms with van der Waals surface area (Å²) in [5.41, 5.74) is 0.744. The molecule has 1 rings (SSSR count). The number of aliphatic carboxylic acids is 1. The van der Waals surface area contributed by atoms with Gasteiger partial charge in [0.05, 0.1) is 5.92 Å². The van der Waals surface area contributed by atoms with E-state index in [2.05, 4.69) is 0 Å². The van der Waals surface area contributed by atoms with Crippen LogP contribution in [-0.2, 0) is 11.2 Å². The highest BCUT2D eigenvalue weighted by Crippen LogP contribution is 2.18. The van der Waals surface area contributed by atoms with Gasteiger partial charge in [0.1, 0.15) is 5.82 Å². The third kappa shape index (κ3) is 4.01. The van der Waals surface area contributed by atoms with E-state index < -0.39 is 11.9 Å². The Kier molecular flexibility index (Phi) is 4.47. The first-order valence-electron chi connectivity index (χ1n) is 5.46. The standard InChI is InChI=1S/C13H17FO2/c1-9(2)6-11(13(15)16)7-10-4-3-5-12(14)8-10/h3-5,8-9,11H,6-7H2,1-2H3,(H,15,16). The van der Waals surface area contributed by atoms with Crippen molar-refractivity contribution in [3.05, 3.63) is 35.6 Å². The van der Waals surface area contributed by atoms with E-state index in [1.807, 2.05) is 13.8 Å². The summed E-state index contributed by atoms with van der Waals surface area (Å²) >= 11 is 0. The lowest BCUT2D eigenvalue weighted by atomic mass is 9.91. The Morgan fingerprint density at radius 2 is 2.12 bits per heavy atom. The molecule has 1 atom stereocenters. The Hall–Kier alpha value is -1.38. The van der Waals surface area contributed by atoms with Crippen LogP contribution in [-0.4, -0.2) is 11.1 Å². The van der Waals surface area contributed by atoms with E-state index in [1.54, 1.807) is 12.1 Å². The number of carbonyl (C=O) groups is 1. The molecular formula is C13H17FO2. The zero-order valence-corrected chi connectivity index (χ0v) is 9.61.